The molecule has 5 nitrogen and oxygen atoms in total. The molecule has 0 saturated carbocycles. The zero-order valence-corrected chi connectivity index (χ0v) is 10.3. The van der Waals surface area contributed by atoms with Crippen LogP contribution in [0.2, 0.25) is 0 Å². The van der Waals surface area contributed by atoms with Crippen molar-refractivity contribution in [1.82, 2.24) is 0 Å². The van der Waals surface area contributed by atoms with Gasteiger partial charge in [0, 0.05) is 25.3 Å². The summed E-state index contributed by atoms with van der Waals surface area (Å²) in [5, 5.41) is 9.11. The number of anilines is 2. The second kappa shape index (κ2) is 5.27. The first-order valence-electron chi connectivity index (χ1n) is 6.17. The summed E-state index contributed by atoms with van der Waals surface area (Å²) in [7, 11) is 0. The number of carbonyl (C=O) groups excluding carboxylic acids is 1. The molecule has 1 aliphatic heterocycles. The Kier molecular flexibility index (Phi) is 3.72. The number of hydrogen-bond donors (Lipinski definition) is 3. The van der Waals surface area contributed by atoms with Crippen molar-refractivity contribution in [3.63, 3.8) is 0 Å². The number of rotatable bonds is 3. The molecule has 0 aromatic heterocycles. The predicted molar refractivity (Wildman–Crippen MR) is 71.4 cm³/mol. The molecule has 1 amide bonds. The molecule has 5 heteroatoms. The van der Waals surface area contributed by atoms with Crippen molar-refractivity contribution in [2.45, 2.75) is 12.8 Å². The van der Waals surface area contributed by atoms with Crippen LogP contribution in [0, 0.1) is 5.92 Å². The van der Waals surface area contributed by atoms with Gasteiger partial charge in [0.2, 0.25) is 5.91 Å². The summed E-state index contributed by atoms with van der Waals surface area (Å²) in [5.41, 5.74) is 13.2. The van der Waals surface area contributed by atoms with Gasteiger partial charge in [0.05, 0.1) is 11.4 Å². The van der Waals surface area contributed by atoms with Crippen LogP contribution in [0.5, 0.6) is 0 Å². The van der Waals surface area contributed by atoms with Crippen molar-refractivity contribution in [1.29, 1.82) is 0 Å². The molecule has 0 spiro atoms. The standard InChI is InChI=1S/C13H19N3O2/c14-11-2-1-10(13(15)18)7-12(11)16-5-3-9(8-17)4-6-16/h1-2,7,9,17H,3-6,8,14H2,(H2,15,18). The maximum atomic E-state index is 11.2. The van der Waals surface area contributed by atoms with Crippen molar-refractivity contribution >= 4 is 17.3 Å². The molecule has 1 aliphatic rings. The first-order valence-corrected chi connectivity index (χ1v) is 6.17. The number of piperidine rings is 1. The van der Waals surface area contributed by atoms with Gasteiger partial charge in [0.25, 0.3) is 0 Å². The van der Waals surface area contributed by atoms with Crippen LogP contribution in [-0.2, 0) is 0 Å². The van der Waals surface area contributed by atoms with Gasteiger partial charge in [0.1, 0.15) is 0 Å². The molecule has 0 atom stereocenters. The van der Waals surface area contributed by atoms with Crippen LogP contribution in [0.3, 0.4) is 0 Å². The fourth-order valence-electron chi connectivity index (χ4n) is 2.33. The number of hydrogen-bond acceptors (Lipinski definition) is 4. The number of nitrogens with two attached hydrogens (primary N) is 2. The highest BCUT2D eigenvalue weighted by molar-refractivity contribution is 5.95. The SMILES string of the molecule is NC(=O)c1ccc(N)c(N2CCC(CO)CC2)c1. The van der Waals surface area contributed by atoms with Gasteiger partial charge in [-0.3, -0.25) is 4.79 Å². The predicted octanol–water partition coefficient (Wildman–Crippen LogP) is 0.576. The first kappa shape index (κ1) is 12.7. The van der Waals surface area contributed by atoms with E-state index in [0.29, 0.717) is 17.2 Å². The number of aliphatic hydroxyl groups is 1. The van der Waals surface area contributed by atoms with Crippen LogP contribution in [0.15, 0.2) is 18.2 Å². The minimum absolute atomic E-state index is 0.241. The van der Waals surface area contributed by atoms with Gasteiger partial charge >= 0.3 is 0 Å². The van der Waals surface area contributed by atoms with E-state index in [-0.39, 0.29) is 6.61 Å². The Hall–Kier alpha value is -1.75. The van der Waals surface area contributed by atoms with E-state index in [4.69, 9.17) is 16.6 Å². The lowest BCUT2D eigenvalue weighted by Crippen LogP contribution is -2.35. The Balaban J connectivity index is 2.18. The van der Waals surface area contributed by atoms with E-state index in [9.17, 15) is 4.79 Å². The van der Waals surface area contributed by atoms with Crippen molar-refractivity contribution in [3.8, 4) is 0 Å². The lowest BCUT2D eigenvalue weighted by atomic mass is 9.97. The number of aliphatic hydroxyl groups excluding tert-OH is 1. The van der Waals surface area contributed by atoms with Gasteiger partial charge in [-0.25, -0.2) is 0 Å². The minimum Gasteiger partial charge on any atom is -0.397 e. The van der Waals surface area contributed by atoms with E-state index < -0.39 is 5.91 Å². The van der Waals surface area contributed by atoms with Gasteiger partial charge in [-0.05, 0) is 37.0 Å². The normalized spacial score (nSPS) is 16.8. The van der Waals surface area contributed by atoms with E-state index in [1.54, 1.807) is 18.2 Å². The molecule has 0 radical (unpaired) electrons. The molecule has 1 saturated heterocycles. The average Bonchev–Trinajstić information content (AvgIpc) is 2.39. The Labute approximate surface area is 106 Å². The first-order chi connectivity index (χ1) is 8.61. The van der Waals surface area contributed by atoms with E-state index in [0.717, 1.165) is 31.6 Å². The summed E-state index contributed by atoms with van der Waals surface area (Å²) < 4.78 is 0. The maximum absolute atomic E-state index is 11.2. The van der Waals surface area contributed by atoms with Crippen molar-refractivity contribution < 1.29 is 9.90 Å². The fourth-order valence-corrected chi connectivity index (χ4v) is 2.33. The zero-order chi connectivity index (χ0) is 13.1. The largest absolute Gasteiger partial charge is 0.397 e. The summed E-state index contributed by atoms with van der Waals surface area (Å²) in [5.74, 6) is -0.0664. The monoisotopic (exact) mass is 249 g/mol. The fraction of sp³-hybridized carbons (Fsp3) is 0.462. The summed E-state index contributed by atoms with van der Waals surface area (Å²) >= 11 is 0. The van der Waals surface area contributed by atoms with Crippen LogP contribution >= 0.6 is 0 Å². The Morgan fingerprint density at radius 1 is 1.39 bits per heavy atom. The summed E-state index contributed by atoms with van der Waals surface area (Å²) in [4.78, 5) is 13.3. The molecular weight excluding hydrogens is 230 g/mol. The van der Waals surface area contributed by atoms with Crippen LogP contribution in [-0.4, -0.2) is 30.7 Å². The van der Waals surface area contributed by atoms with Gasteiger partial charge < -0.3 is 21.5 Å². The number of benzene rings is 1. The van der Waals surface area contributed by atoms with Crippen molar-refractivity contribution in [2.24, 2.45) is 11.7 Å². The van der Waals surface area contributed by atoms with Crippen LogP contribution in [0.4, 0.5) is 11.4 Å². The van der Waals surface area contributed by atoms with Gasteiger partial charge in [0.15, 0.2) is 0 Å². The zero-order valence-electron chi connectivity index (χ0n) is 10.3. The van der Waals surface area contributed by atoms with E-state index in [1.807, 2.05) is 0 Å². The molecule has 98 valence electrons. The lowest BCUT2D eigenvalue weighted by Gasteiger charge is -2.33. The summed E-state index contributed by atoms with van der Waals surface area (Å²) in [6, 6.07) is 5.10. The molecule has 0 aliphatic carbocycles. The van der Waals surface area contributed by atoms with E-state index in [2.05, 4.69) is 4.90 Å². The molecule has 0 bridgehead atoms. The molecule has 1 aromatic rings. The number of carbonyl (C=O) groups is 1. The number of primary amides is 1. The topological polar surface area (TPSA) is 92.6 Å². The molecular formula is C13H19N3O2. The maximum Gasteiger partial charge on any atom is 0.248 e. The number of nitrogens with zero attached hydrogens (tertiary/aromatic N) is 1. The van der Waals surface area contributed by atoms with Crippen LogP contribution in [0.1, 0.15) is 23.2 Å². The van der Waals surface area contributed by atoms with E-state index >= 15 is 0 Å². The highest BCUT2D eigenvalue weighted by Crippen LogP contribution is 2.28. The quantitative estimate of drug-likeness (QED) is 0.683. The molecule has 2 rings (SSSR count). The third kappa shape index (κ3) is 2.56. The molecule has 1 heterocycles. The molecule has 1 aromatic carbocycles. The Morgan fingerprint density at radius 2 is 2.06 bits per heavy atom. The summed E-state index contributed by atoms with van der Waals surface area (Å²) in [6.45, 7) is 1.93. The second-order valence-electron chi connectivity index (χ2n) is 4.75. The Morgan fingerprint density at radius 3 is 2.61 bits per heavy atom. The van der Waals surface area contributed by atoms with Gasteiger partial charge in [-0.2, -0.15) is 0 Å². The van der Waals surface area contributed by atoms with Gasteiger partial charge in [-0.1, -0.05) is 0 Å². The number of amides is 1. The Bertz CT molecular complexity index is 440. The third-order valence-electron chi connectivity index (χ3n) is 3.53. The van der Waals surface area contributed by atoms with Gasteiger partial charge in [-0.15, -0.1) is 0 Å². The lowest BCUT2D eigenvalue weighted by molar-refractivity contribution is 0.100. The molecule has 0 unspecified atom stereocenters. The minimum atomic E-state index is -0.443. The smallest absolute Gasteiger partial charge is 0.248 e. The molecule has 1 fully saturated rings. The average molecular weight is 249 g/mol. The third-order valence-corrected chi connectivity index (χ3v) is 3.53. The highest BCUT2D eigenvalue weighted by Gasteiger charge is 2.20. The second-order valence-corrected chi connectivity index (χ2v) is 4.75. The summed E-state index contributed by atoms with van der Waals surface area (Å²) in [6.07, 6.45) is 1.88. The van der Waals surface area contributed by atoms with Crippen molar-refractivity contribution in [2.75, 3.05) is 30.3 Å². The highest BCUT2D eigenvalue weighted by atomic mass is 16.3. The van der Waals surface area contributed by atoms with Crippen LogP contribution in [0.25, 0.3) is 0 Å². The van der Waals surface area contributed by atoms with Crippen molar-refractivity contribution in [3.05, 3.63) is 23.8 Å². The molecule has 18 heavy (non-hydrogen) atoms. The van der Waals surface area contributed by atoms with Crippen LogP contribution < -0.4 is 16.4 Å². The van der Waals surface area contributed by atoms with E-state index in [1.165, 1.54) is 0 Å². The molecule has 5 N–H and O–H groups in total. The number of nitrogen functional groups attached to an aromatic ring is 1.